The van der Waals surface area contributed by atoms with Crippen LogP contribution in [0.25, 0.3) is 0 Å². The first-order chi connectivity index (χ1) is 7.06. The third-order valence-electron chi connectivity index (χ3n) is 2.94. The van der Waals surface area contributed by atoms with E-state index in [9.17, 15) is 4.79 Å². The van der Waals surface area contributed by atoms with Crippen molar-refractivity contribution in [1.29, 1.82) is 0 Å². The minimum atomic E-state index is -0.140. The molecule has 0 aliphatic carbocycles. The summed E-state index contributed by atoms with van der Waals surface area (Å²) in [7, 11) is 1.93. The summed E-state index contributed by atoms with van der Waals surface area (Å²) in [5.74, 6) is 1.03. The molecule has 0 spiro atoms. The van der Waals surface area contributed by atoms with E-state index in [1.165, 1.54) is 0 Å². The van der Waals surface area contributed by atoms with Gasteiger partial charge < -0.3 is 10.2 Å². The predicted octanol–water partition coefficient (Wildman–Crippen LogP) is 0.988. The summed E-state index contributed by atoms with van der Waals surface area (Å²) < 4.78 is 1.92. The number of likely N-dealkylation sites (N-methyl/N-ethyl adjacent to an activating group) is 1. The lowest BCUT2D eigenvalue weighted by Crippen LogP contribution is -2.44. The molecule has 0 aromatic carbocycles. The molecular weight excluding hydrogens is 192 g/mol. The van der Waals surface area contributed by atoms with Gasteiger partial charge in [0.25, 0.3) is 0 Å². The molecular formula is C10H16N4O. The van der Waals surface area contributed by atoms with Gasteiger partial charge in [-0.1, -0.05) is 0 Å². The number of aryl methyl sites for hydroxylation is 2. The van der Waals surface area contributed by atoms with Crippen LogP contribution in [0.5, 0.6) is 0 Å². The van der Waals surface area contributed by atoms with Crippen LogP contribution in [0.15, 0.2) is 0 Å². The van der Waals surface area contributed by atoms with E-state index in [4.69, 9.17) is 0 Å². The zero-order valence-corrected chi connectivity index (χ0v) is 9.53. The molecule has 82 valence electrons. The Morgan fingerprint density at radius 3 is 2.80 bits per heavy atom. The number of nitrogens with zero attached hydrogens (tertiary/aromatic N) is 3. The molecule has 1 aromatic heterocycles. The monoisotopic (exact) mass is 208 g/mol. The smallest absolute Gasteiger partial charge is 0.246 e. The molecule has 1 aromatic rings. The Kier molecular flexibility index (Phi) is 2.17. The van der Waals surface area contributed by atoms with Crippen molar-refractivity contribution < 1.29 is 4.79 Å². The second-order valence-electron chi connectivity index (χ2n) is 3.88. The highest BCUT2D eigenvalue weighted by atomic mass is 16.2. The van der Waals surface area contributed by atoms with E-state index in [1.807, 2.05) is 37.4 Å². The van der Waals surface area contributed by atoms with Crippen molar-refractivity contribution in [2.45, 2.75) is 33.4 Å². The molecule has 2 rings (SSSR count). The van der Waals surface area contributed by atoms with E-state index in [-0.39, 0.29) is 11.9 Å². The summed E-state index contributed by atoms with van der Waals surface area (Å²) in [6.45, 7) is 6.65. The first-order valence-corrected chi connectivity index (χ1v) is 5.17. The molecule has 0 saturated heterocycles. The zero-order chi connectivity index (χ0) is 11.2. The highest BCUT2D eigenvalue weighted by Gasteiger charge is 2.31. The van der Waals surface area contributed by atoms with Crippen LogP contribution in [0, 0.1) is 6.92 Å². The largest absolute Gasteiger partial charge is 0.346 e. The average Bonchev–Trinajstić information content (AvgIpc) is 2.52. The summed E-state index contributed by atoms with van der Waals surface area (Å²) >= 11 is 0. The Bertz CT molecular complexity index is 410. The van der Waals surface area contributed by atoms with E-state index in [2.05, 4.69) is 10.4 Å². The molecule has 1 unspecified atom stereocenters. The lowest BCUT2D eigenvalue weighted by atomic mass is 10.2. The van der Waals surface area contributed by atoms with Gasteiger partial charge in [-0.3, -0.25) is 4.79 Å². The lowest BCUT2D eigenvalue weighted by molar-refractivity contribution is -0.117. The SMILES string of the molecule is CCn1nc(C)c2c1N(C)C(C)C(=O)N2. The Morgan fingerprint density at radius 1 is 1.53 bits per heavy atom. The van der Waals surface area contributed by atoms with Crippen LogP contribution in [0.1, 0.15) is 19.5 Å². The number of aromatic nitrogens is 2. The number of fused-ring (bicyclic) bond motifs is 1. The first-order valence-electron chi connectivity index (χ1n) is 5.17. The number of carbonyl (C=O) groups excluding carboxylic acids is 1. The van der Waals surface area contributed by atoms with Gasteiger partial charge >= 0.3 is 0 Å². The Labute approximate surface area is 89.1 Å². The number of nitrogens with one attached hydrogen (secondary N) is 1. The lowest BCUT2D eigenvalue weighted by Gasteiger charge is -2.31. The van der Waals surface area contributed by atoms with Crippen molar-refractivity contribution in [2.24, 2.45) is 0 Å². The van der Waals surface area contributed by atoms with Gasteiger partial charge in [0, 0.05) is 13.6 Å². The molecule has 5 heteroatoms. The minimum absolute atomic E-state index is 0.0313. The molecule has 2 heterocycles. The van der Waals surface area contributed by atoms with Crippen LogP contribution < -0.4 is 10.2 Å². The topological polar surface area (TPSA) is 50.2 Å². The number of rotatable bonds is 1. The van der Waals surface area contributed by atoms with Crippen molar-refractivity contribution in [3.8, 4) is 0 Å². The van der Waals surface area contributed by atoms with Crippen LogP contribution in [-0.2, 0) is 11.3 Å². The summed E-state index contributed by atoms with van der Waals surface area (Å²) in [5, 5.41) is 7.29. The molecule has 1 atom stereocenters. The molecule has 1 amide bonds. The number of anilines is 2. The normalized spacial score (nSPS) is 20.1. The molecule has 0 bridgehead atoms. The van der Waals surface area contributed by atoms with Crippen molar-refractivity contribution in [1.82, 2.24) is 9.78 Å². The third kappa shape index (κ3) is 1.30. The Morgan fingerprint density at radius 2 is 2.20 bits per heavy atom. The van der Waals surface area contributed by atoms with E-state index in [1.54, 1.807) is 0 Å². The van der Waals surface area contributed by atoms with Gasteiger partial charge in [-0.2, -0.15) is 5.10 Å². The van der Waals surface area contributed by atoms with Gasteiger partial charge in [0.05, 0.1) is 5.69 Å². The van der Waals surface area contributed by atoms with Crippen LogP contribution >= 0.6 is 0 Å². The number of carbonyl (C=O) groups is 1. The Balaban J connectivity index is 2.57. The third-order valence-corrected chi connectivity index (χ3v) is 2.94. The van der Waals surface area contributed by atoms with E-state index in [0.717, 1.165) is 23.7 Å². The highest BCUT2D eigenvalue weighted by Crippen LogP contribution is 2.33. The van der Waals surface area contributed by atoms with Gasteiger partial charge in [0.2, 0.25) is 5.91 Å². The summed E-state index contributed by atoms with van der Waals surface area (Å²) in [6.07, 6.45) is 0. The number of hydrogen-bond acceptors (Lipinski definition) is 3. The number of amides is 1. The van der Waals surface area contributed by atoms with E-state index < -0.39 is 0 Å². The molecule has 15 heavy (non-hydrogen) atoms. The van der Waals surface area contributed by atoms with Gasteiger partial charge in [-0.05, 0) is 20.8 Å². The second-order valence-corrected chi connectivity index (χ2v) is 3.88. The molecule has 1 aliphatic rings. The maximum absolute atomic E-state index is 11.6. The quantitative estimate of drug-likeness (QED) is 0.748. The fraction of sp³-hybridized carbons (Fsp3) is 0.600. The molecule has 0 radical (unpaired) electrons. The van der Waals surface area contributed by atoms with Gasteiger partial charge in [0.1, 0.15) is 11.7 Å². The van der Waals surface area contributed by atoms with Gasteiger partial charge in [-0.25, -0.2) is 4.68 Å². The standard InChI is InChI=1S/C10H16N4O/c1-5-14-10-8(6(2)12-14)11-9(15)7(3)13(10)4/h7H,5H2,1-4H3,(H,11,15). The van der Waals surface area contributed by atoms with Gasteiger partial charge in [0.15, 0.2) is 5.82 Å². The molecule has 1 aliphatic heterocycles. The minimum Gasteiger partial charge on any atom is -0.346 e. The van der Waals surface area contributed by atoms with Crippen LogP contribution in [0.2, 0.25) is 0 Å². The van der Waals surface area contributed by atoms with E-state index >= 15 is 0 Å². The fourth-order valence-electron chi connectivity index (χ4n) is 1.88. The second kappa shape index (κ2) is 3.25. The average molecular weight is 208 g/mol. The summed E-state index contributed by atoms with van der Waals surface area (Å²) in [5.41, 5.74) is 1.72. The predicted molar refractivity (Wildman–Crippen MR) is 59.1 cm³/mol. The maximum Gasteiger partial charge on any atom is 0.246 e. The molecule has 0 fully saturated rings. The van der Waals surface area contributed by atoms with Crippen LogP contribution in [-0.4, -0.2) is 28.8 Å². The fourth-order valence-corrected chi connectivity index (χ4v) is 1.88. The summed E-state index contributed by atoms with van der Waals surface area (Å²) in [4.78, 5) is 13.6. The van der Waals surface area contributed by atoms with Crippen molar-refractivity contribution in [3.05, 3.63) is 5.69 Å². The van der Waals surface area contributed by atoms with Crippen molar-refractivity contribution >= 4 is 17.4 Å². The van der Waals surface area contributed by atoms with Crippen LogP contribution in [0.4, 0.5) is 11.5 Å². The number of hydrogen-bond donors (Lipinski definition) is 1. The maximum atomic E-state index is 11.6. The molecule has 1 N–H and O–H groups in total. The van der Waals surface area contributed by atoms with Crippen LogP contribution in [0.3, 0.4) is 0 Å². The summed E-state index contributed by atoms with van der Waals surface area (Å²) in [6, 6.07) is -0.140. The molecule has 0 saturated carbocycles. The molecule has 5 nitrogen and oxygen atoms in total. The highest BCUT2D eigenvalue weighted by molar-refractivity contribution is 6.03. The zero-order valence-electron chi connectivity index (χ0n) is 9.53. The Hall–Kier alpha value is -1.52. The first kappa shape index (κ1) is 10.0. The van der Waals surface area contributed by atoms with E-state index in [0.29, 0.717) is 0 Å². The van der Waals surface area contributed by atoms with Gasteiger partial charge in [-0.15, -0.1) is 0 Å². The van der Waals surface area contributed by atoms with Crippen molar-refractivity contribution in [3.63, 3.8) is 0 Å². The van der Waals surface area contributed by atoms with Crippen molar-refractivity contribution in [2.75, 3.05) is 17.3 Å².